The van der Waals surface area contributed by atoms with Gasteiger partial charge in [0.1, 0.15) is 0 Å². The van der Waals surface area contributed by atoms with Crippen molar-refractivity contribution in [3.05, 3.63) is 23.8 Å². The molecule has 1 aliphatic rings. The van der Waals surface area contributed by atoms with Gasteiger partial charge in [-0.2, -0.15) is 0 Å². The molecule has 0 heterocycles. The lowest BCUT2D eigenvalue weighted by Gasteiger charge is -1.95. The summed E-state index contributed by atoms with van der Waals surface area (Å²) in [5.74, 6) is 0.807. The summed E-state index contributed by atoms with van der Waals surface area (Å²) in [6, 6.07) is 0. The molecule has 0 saturated heterocycles. The van der Waals surface area contributed by atoms with Gasteiger partial charge >= 0.3 is 0 Å². The molecule has 0 amide bonds. The maximum atomic E-state index is 5.42. The van der Waals surface area contributed by atoms with Crippen molar-refractivity contribution in [3.8, 4) is 0 Å². The Balaban J connectivity index is 2.01. The van der Waals surface area contributed by atoms with Gasteiger partial charge in [0.2, 0.25) is 0 Å². The number of rotatable bonds is 4. The molecule has 1 rings (SSSR count). The lowest BCUT2D eigenvalue weighted by Crippen LogP contribution is -1.99. The standard InChI is InChI=1S/C9H15N/c1-8(7-10)3-2-4-9-5-6-9/h3,5-6,9H,2,4,7,10H2,1H3. The van der Waals surface area contributed by atoms with E-state index in [1.165, 1.54) is 18.4 Å². The van der Waals surface area contributed by atoms with Crippen molar-refractivity contribution in [1.29, 1.82) is 0 Å². The van der Waals surface area contributed by atoms with E-state index in [0.717, 1.165) is 5.92 Å². The third-order valence-electron chi connectivity index (χ3n) is 1.78. The maximum absolute atomic E-state index is 5.42. The second-order valence-corrected chi connectivity index (χ2v) is 2.88. The van der Waals surface area contributed by atoms with Crippen LogP contribution in [0.3, 0.4) is 0 Å². The van der Waals surface area contributed by atoms with Crippen LogP contribution in [0, 0.1) is 5.92 Å². The highest BCUT2D eigenvalue weighted by Gasteiger charge is 2.07. The van der Waals surface area contributed by atoms with Crippen LogP contribution in [0.15, 0.2) is 23.8 Å². The Labute approximate surface area is 62.6 Å². The first-order chi connectivity index (χ1) is 4.83. The fourth-order valence-electron chi connectivity index (χ4n) is 0.877. The molecule has 1 heteroatoms. The summed E-state index contributed by atoms with van der Waals surface area (Å²) in [6.07, 6.45) is 9.18. The molecule has 0 radical (unpaired) electrons. The van der Waals surface area contributed by atoms with Crippen LogP contribution in [0.2, 0.25) is 0 Å². The van der Waals surface area contributed by atoms with Gasteiger partial charge in [-0.05, 0) is 25.7 Å². The summed E-state index contributed by atoms with van der Waals surface area (Å²) in [4.78, 5) is 0. The van der Waals surface area contributed by atoms with Crippen LogP contribution in [0.25, 0.3) is 0 Å². The molecule has 0 fully saturated rings. The van der Waals surface area contributed by atoms with Gasteiger partial charge in [-0.3, -0.25) is 0 Å². The molecular formula is C9H15N. The molecule has 0 aromatic carbocycles. The monoisotopic (exact) mass is 137 g/mol. The second kappa shape index (κ2) is 3.57. The lowest BCUT2D eigenvalue weighted by atomic mass is 10.1. The van der Waals surface area contributed by atoms with Crippen molar-refractivity contribution in [2.75, 3.05) is 6.54 Å². The molecule has 1 nitrogen and oxygen atoms in total. The van der Waals surface area contributed by atoms with Crippen LogP contribution in [0.4, 0.5) is 0 Å². The highest BCUT2D eigenvalue weighted by atomic mass is 14.5. The van der Waals surface area contributed by atoms with Crippen LogP contribution in [-0.2, 0) is 0 Å². The van der Waals surface area contributed by atoms with Gasteiger partial charge in [-0.1, -0.05) is 23.8 Å². The minimum atomic E-state index is 0.706. The van der Waals surface area contributed by atoms with Gasteiger partial charge in [0.25, 0.3) is 0 Å². The van der Waals surface area contributed by atoms with E-state index >= 15 is 0 Å². The van der Waals surface area contributed by atoms with Crippen LogP contribution in [0.5, 0.6) is 0 Å². The fourth-order valence-corrected chi connectivity index (χ4v) is 0.877. The third kappa shape index (κ3) is 2.83. The maximum Gasteiger partial charge on any atom is 0.0134 e. The number of allylic oxidation sites excluding steroid dienone is 3. The van der Waals surface area contributed by atoms with Crippen molar-refractivity contribution >= 4 is 0 Å². The van der Waals surface area contributed by atoms with E-state index in [1.807, 2.05) is 0 Å². The Morgan fingerprint density at radius 3 is 2.80 bits per heavy atom. The number of nitrogens with two attached hydrogens (primary N) is 1. The van der Waals surface area contributed by atoms with E-state index in [-0.39, 0.29) is 0 Å². The Kier molecular flexibility index (Phi) is 2.69. The summed E-state index contributed by atoms with van der Waals surface area (Å²) >= 11 is 0. The number of hydrogen-bond donors (Lipinski definition) is 1. The first kappa shape index (κ1) is 7.55. The number of hydrogen-bond acceptors (Lipinski definition) is 1. The highest BCUT2D eigenvalue weighted by molar-refractivity contribution is 5.13. The van der Waals surface area contributed by atoms with Crippen molar-refractivity contribution in [3.63, 3.8) is 0 Å². The SMILES string of the molecule is CC(=CCCC1C=C1)CN. The third-order valence-corrected chi connectivity index (χ3v) is 1.78. The molecule has 10 heavy (non-hydrogen) atoms. The molecule has 2 N–H and O–H groups in total. The van der Waals surface area contributed by atoms with E-state index < -0.39 is 0 Å². The van der Waals surface area contributed by atoms with Crippen LogP contribution >= 0.6 is 0 Å². The molecule has 0 unspecified atom stereocenters. The van der Waals surface area contributed by atoms with Crippen molar-refractivity contribution in [2.45, 2.75) is 19.8 Å². The highest BCUT2D eigenvalue weighted by Crippen LogP contribution is 2.21. The Morgan fingerprint density at radius 2 is 2.30 bits per heavy atom. The summed E-state index contributed by atoms with van der Waals surface area (Å²) in [5, 5.41) is 0. The van der Waals surface area contributed by atoms with E-state index in [2.05, 4.69) is 25.2 Å². The van der Waals surface area contributed by atoms with Gasteiger partial charge in [0.15, 0.2) is 0 Å². The zero-order valence-electron chi connectivity index (χ0n) is 6.51. The molecule has 0 atom stereocenters. The minimum Gasteiger partial charge on any atom is -0.327 e. The molecule has 0 bridgehead atoms. The smallest absolute Gasteiger partial charge is 0.0134 e. The molecule has 0 aromatic heterocycles. The van der Waals surface area contributed by atoms with E-state index in [9.17, 15) is 0 Å². The average Bonchev–Trinajstić information content (AvgIpc) is 2.71. The largest absolute Gasteiger partial charge is 0.327 e. The topological polar surface area (TPSA) is 26.0 Å². The van der Waals surface area contributed by atoms with Gasteiger partial charge in [0.05, 0.1) is 0 Å². The normalized spacial score (nSPS) is 18.0. The average molecular weight is 137 g/mol. The molecule has 56 valence electrons. The van der Waals surface area contributed by atoms with Crippen molar-refractivity contribution in [1.82, 2.24) is 0 Å². The minimum absolute atomic E-state index is 0.706. The van der Waals surface area contributed by atoms with Crippen LogP contribution < -0.4 is 5.73 Å². The van der Waals surface area contributed by atoms with Crippen LogP contribution in [0.1, 0.15) is 19.8 Å². The fraction of sp³-hybridized carbons (Fsp3) is 0.556. The molecule has 1 aliphatic carbocycles. The zero-order valence-corrected chi connectivity index (χ0v) is 6.51. The summed E-state index contributed by atoms with van der Waals surface area (Å²) in [5.41, 5.74) is 6.73. The Bertz CT molecular complexity index is 150. The van der Waals surface area contributed by atoms with Crippen LogP contribution in [-0.4, -0.2) is 6.54 Å². The quantitative estimate of drug-likeness (QED) is 0.588. The first-order valence-electron chi connectivity index (χ1n) is 3.87. The predicted molar refractivity (Wildman–Crippen MR) is 44.7 cm³/mol. The molecule has 0 aliphatic heterocycles. The van der Waals surface area contributed by atoms with E-state index in [4.69, 9.17) is 5.73 Å². The molecule has 0 aromatic rings. The van der Waals surface area contributed by atoms with E-state index in [1.54, 1.807) is 0 Å². The molecule has 0 spiro atoms. The van der Waals surface area contributed by atoms with Crippen molar-refractivity contribution < 1.29 is 0 Å². The van der Waals surface area contributed by atoms with Crippen molar-refractivity contribution in [2.24, 2.45) is 11.7 Å². The van der Waals surface area contributed by atoms with Gasteiger partial charge in [0, 0.05) is 6.54 Å². The van der Waals surface area contributed by atoms with Gasteiger partial charge in [-0.25, -0.2) is 0 Å². The van der Waals surface area contributed by atoms with Gasteiger partial charge in [-0.15, -0.1) is 0 Å². The summed E-state index contributed by atoms with van der Waals surface area (Å²) in [6.45, 7) is 2.79. The first-order valence-corrected chi connectivity index (χ1v) is 3.87. The predicted octanol–water partition coefficient (Wildman–Crippen LogP) is 1.86. The summed E-state index contributed by atoms with van der Waals surface area (Å²) in [7, 11) is 0. The Morgan fingerprint density at radius 1 is 1.60 bits per heavy atom. The van der Waals surface area contributed by atoms with Gasteiger partial charge < -0.3 is 5.73 Å². The molecular weight excluding hydrogens is 122 g/mol. The van der Waals surface area contributed by atoms with E-state index in [0.29, 0.717) is 6.54 Å². The Hall–Kier alpha value is -0.560. The summed E-state index contributed by atoms with van der Waals surface area (Å²) < 4.78 is 0. The zero-order chi connectivity index (χ0) is 7.40. The second-order valence-electron chi connectivity index (χ2n) is 2.88. The lowest BCUT2D eigenvalue weighted by molar-refractivity contribution is 0.788. The molecule has 0 saturated carbocycles.